The number of rotatable bonds is 31. The summed E-state index contributed by atoms with van der Waals surface area (Å²) in [4.78, 5) is 48.0. The standard InChI is InChI=1S/C27H50N4O11.C2HF3O2/c28-4-9-35-13-17-39-21-23-41-19-15-37-11-7-30(25(32)3-6-31-26(33)1-2-27(31)34)8-12-38-16-20-42-24-22-40-18-14-36-10-5-29;3-2(4,5)1(6)7/h1-2H,3-24,28-29H2;(H,6,7). The molecule has 0 unspecified atom stereocenters. The Balaban J connectivity index is 0.00000295. The van der Waals surface area contributed by atoms with Crippen LogP contribution < -0.4 is 11.5 Å². The molecule has 20 heteroatoms. The third-order valence-corrected chi connectivity index (χ3v) is 5.81. The average molecular weight is 721 g/mol. The molecule has 0 radical (unpaired) electrons. The summed E-state index contributed by atoms with van der Waals surface area (Å²) in [7, 11) is 0. The van der Waals surface area contributed by atoms with Gasteiger partial charge >= 0.3 is 12.1 Å². The lowest BCUT2D eigenvalue weighted by Crippen LogP contribution is -2.40. The molecule has 5 N–H and O–H groups in total. The molecular weight excluding hydrogens is 669 g/mol. The van der Waals surface area contributed by atoms with Crippen LogP contribution in [0.15, 0.2) is 12.2 Å². The summed E-state index contributed by atoms with van der Waals surface area (Å²) in [6.45, 7) is 8.54. The quantitative estimate of drug-likeness (QED) is 0.0567. The zero-order valence-corrected chi connectivity index (χ0v) is 27.7. The number of nitrogens with two attached hydrogens (primary N) is 2. The van der Waals surface area contributed by atoms with Crippen molar-refractivity contribution >= 4 is 23.7 Å². The van der Waals surface area contributed by atoms with E-state index in [1.54, 1.807) is 4.90 Å². The summed E-state index contributed by atoms with van der Waals surface area (Å²) >= 11 is 0. The van der Waals surface area contributed by atoms with Gasteiger partial charge < -0.3 is 59.4 Å². The first-order chi connectivity index (χ1) is 23.5. The number of nitrogens with zero attached hydrogens (tertiary/aromatic N) is 2. The monoisotopic (exact) mass is 720 g/mol. The molecule has 1 heterocycles. The molecule has 1 aliphatic heterocycles. The van der Waals surface area contributed by atoms with Gasteiger partial charge in [-0.1, -0.05) is 0 Å². The Kier molecular flexibility index (Phi) is 29.4. The molecule has 3 amide bonds. The minimum atomic E-state index is -5.08. The van der Waals surface area contributed by atoms with Gasteiger partial charge in [0.15, 0.2) is 0 Å². The molecule has 0 spiro atoms. The van der Waals surface area contributed by atoms with Crippen molar-refractivity contribution in [1.82, 2.24) is 9.80 Å². The lowest BCUT2D eigenvalue weighted by Gasteiger charge is -2.24. The first kappa shape index (κ1) is 46.2. The fraction of sp³-hybridized carbons (Fsp3) is 0.793. The van der Waals surface area contributed by atoms with Crippen molar-refractivity contribution in [2.24, 2.45) is 11.5 Å². The number of hydrogen-bond acceptors (Lipinski definition) is 14. The second kappa shape index (κ2) is 31.2. The zero-order valence-electron chi connectivity index (χ0n) is 27.7. The number of imide groups is 1. The number of carboxylic acid groups (broad SMARTS) is 1. The number of halogens is 3. The number of amides is 3. The Morgan fingerprint density at radius 2 is 0.898 bits per heavy atom. The summed E-state index contributed by atoms with van der Waals surface area (Å²) in [6.07, 6.45) is -2.67. The van der Waals surface area contributed by atoms with Gasteiger partial charge in [-0.05, 0) is 0 Å². The lowest BCUT2D eigenvalue weighted by atomic mass is 10.3. The van der Waals surface area contributed by atoms with Gasteiger partial charge in [-0.15, -0.1) is 0 Å². The summed E-state index contributed by atoms with van der Waals surface area (Å²) in [5, 5.41) is 7.12. The number of carbonyl (C=O) groups is 4. The molecule has 1 aliphatic rings. The van der Waals surface area contributed by atoms with E-state index in [0.717, 1.165) is 4.90 Å². The van der Waals surface area contributed by atoms with Crippen molar-refractivity contribution < 1.29 is 75.4 Å². The molecule has 0 saturated heterocycles. The number of alkyl halides is 3. The summed E-state index contributed by atoms with van der Waals surface area (Å²) in [5.74, 6) is -3.79. The molecule has 0 aromatic heterocycles. The van der Waals surface area contributed by atoms with Crippen LogP contribution in [-0.2, 0) is 57.1 Å². The van der Waals surface area contributed by atoms with E-state index in [9.17, 15) is 27.6 Å². The van der Waals surface area contributed by atoms with Gasteiger partial charge in [0.25, 0.3) is 11.8 Å². The smallest absolute Gasteiger partial charge is 0.475 e. The van der Waals surface area contributed by atoms with Crippen LogP contribution >= 0.6 is 0 Å². The Labute approximate surface area is 283 Å². The highest BCUT2D eigenvalue weighted by Gasteiger charge is 2.38. The predicted molar refractivity (Wildman–Crippen MR) is 165 cm³/mol. The Hall–Kier alpha value is -2.79. The number of hydrogen-bond donors (Lipinski definition) is 3. The van der Waals surface area contributed by atoms with Gasteiger partial charge in [0, 0.05) is 51.3 Å². The number of ether oxygens (including phenoxy) is 8. The summed E-state index contributed by atoms with van der Waals surface area (Å²) in [6, 6.07) is 0. The van der Waals surface area contributed by atoms with E-state index >= 15 is 0 Å². The van der Waals surface area contributed by atoms with Crippen LogP contribution in [0.25, 0.3) is 0 Å². The van der Waals surface area contributed by atoms with Crippen molar-refractivity contribution in [1.29, 1.82) is 0 Å². The molecule has 17 nitrogen and oxygen atoms in total. The fourth-order valence-electron chi connectivity index (χ4n) is 3.42. The molecule has 286 valence electrons. The van der Waals surface area contributed by atoms with Crippen LogP contribution in [0.5, 0.6) is 0 Å². The predicted octanol–water partition coefficient (Wildman–Crippen LogP) is -1.19. The first-order valence-corrected chi connectivity index (χ1v) is 15.7. The van der Waals surface area contributed by atoms with Crippen LogP contribution in [0.3, 0.4) is 0 Å². The van der Waals surface area contributed by atoms with E-state index in [-0.39, 0.29) is 18.9 Å². The van der Waals surface area contributed by atoms with Crippen LogP contribution in [0.4, 0.5) is 13.2 Å². The number of carbonyl (C=O) groups excluding carboxylic acids is 3. The molecular formula is C29H51F3N4O13. The van der Waals surface area contributed by atoms with E-state index in [4.69, 9.17) is 59.3 Å². The zero-order chi connectivity index (χ0) is 36.6. The highest BCUT2D eigenvalue weighted by atomic mass is 19.4. The topological polar surface area (TPSA) is 221 Å². The molecule has 49 heavy (non-hydrogen) atoms. The van der Waals surface area contributed by atoms with Crippen molar-refractivity contribution in [2.75, 3.05) is 138 Å². The van der Waals surface area contributed by atoms with E-state index in [1.807, 2.05) is 0 Å². The molecule has 0 aromatic rings. The second-order valence-electron chi connectivity index (χ2n) is 9.57. The summed E-state index contributed by atoms with van der Waals surface area (Å²) in [5.41, 5.74) is 10.7. The van der Waals surface area contributed by atoms with Crippen molar-refractivity contribution in [3.05, 3.63) is 12.2 Å². The van der Waals surface area contributed by atoms with Gasteiger partial charge in [0.1, 0.15) is 0 Å². The van der Waals surface area contributed by atoms with Crippen molar-refractivity contribution in [2.45, 2.75) is 12.6 Å². The van der Waals surface area contributed by atoms with Gasteiger partial charge in [-0.25, -0.2) is 4.79 Å². The van der Waals surface area contributed by atoms with Crippen LogP contribution in [0, 0.1) is 0 Å². The first-order valence-electron chi connectivity index (χ1n) is 15.7. The molecule has 0 saturated carbocycles. The van der Waals surface area contributed by atoms with Crippen LogP contribution in [0.1, 0.15) is 6.42 Å². The van der Waals surface area contributed by atoms with Gasteiger partial charge in [0.05, 0.1) is 106 Å². The minimum absolute atomic E-state index is 0.0138. The van der Waals surface area contributed by atoms with E-state index in [1.165, 1.54) is 12.2 Å². The van der Waals surface area contributed by atoms with Crippen molar-refractivity contribution in [3.8, 4) is 0 Å². The maximum Gasteiger partial charge on any atom is 0.490 e. The lowest BCUT2D eigenvalue weighted by molar-refractivity contribution is -0.192. The average Bonchev–Trinajstić information content (AvgIpc) is 3.39. The molecule has 0 fully saturated rings. The van der Waals surface area contributed by atoms with Gasteiger partial charge in [0.2, 0.25) is 5.91 Å². The number of aliphatic carboxylic acids is 1. The minimum Gasteiger partial charge on any atom is -0.475 e. The van der Waals surface area contributed by atoms with E-state index in [0.29, 0.717) is 132 Å². The molecule has 0 aromatic carbocycles. The Morgan fingerprint density at radius 1 is 0.612 bits per heavy atom. The van der Waals surface area contributed by atoms with Gasteiger partial charge in [-0.3, -0.25) is 19.3 Å². The van der Waals surface area contributed by atoms with Crippen LogP contribution in [-0.4, -0.2) is 183 Å². The number of carboxylic acids is 1. The van der Waals surface area contributed by atoms with Crippen LogP contribution in [0.2, 0.25) is 0 Å². The molecule has 1 rings (SSSR count). The van der Waals surface area contributed by atoms with Crippen molar-refractivity contribution in [3.63, 3.8) is 0 Å². The third kappa shape index (κ3) is 27.7. The van der Waals surface area contributed by atoms with Gasteiger partial charge in [-0.2, -0.15) is 13.2 Å². The van der Waals surface area contributed by atoms with E-state index in [2.05, 4.69) is 0 Å². The second-order valence-corrected chi connectivity index (χ2v) is 9.57. The maximum atomic E-state index is 12.9. The normalized spacial score (nSPS) is 12.8. The maximum absolute atomic E-state index is 12.9. The highest BCUT2D eigenvalue weighted by molar-refractivity contribution is 6.13. The molecule has 0 atom stereocenters. The summed E-state index contributed by atoms with van der Waals surface area (Å²) < 4.78 is 75.1. The SMILES string of the molecule is NCCOCCOCCOCCOCCN(CCOCCOCCOCCOCCN)C(=O)CCN1C(=O)C=CC1=O.O=C(O)C(F)(F)F. The molecule has 0 aliphatic carbocycles. The largest absolute Gasteiger partial charge is 0.490 e. The Bertz CT molecular complexity index is 869. The van der Waals surface area contributed by atoms with E-state index < -0.39 is 24.0 Å². The fourth-order valence-corrected chi connectivity index (χ4v) is 3.42. The molecule has 0 bridgehead atoms. The Morgan fingerprint density at radius 3 is 1.18 bits per heavy atom. The highest BCUT2D eigenvalue weighted by Crippen LogP contribution is 2.13. The third-order valence-electron chi connectivity index (χ3n) is 5.81.